The van der Waals surface area contributed by atoms with E-state index >= 15 is 0 Å². The van der Waals surface area contributed by atoms with Gasteiger partial charge in [-0.15, -0.1) is 0 Å². The van der Waals surface area contributed by atoms with Crippen molar-refractivity contribution >= 4 is 29.0 Å². The van der Waals surface area contributed by atoms with Gasteiger partial charge in [0.2, 0.25) is 0 Å². The van der Waals surface area contributed by atoms with Crippen LogP contribution in [0.25, 0.3) is 0 Å². The Hall–Kier alpha value is -2.93. The first kappa shape index (κ1) is 18.4. The molecule has 130 valence electrons. The lowest BCUT2D eigenvalue weighted by atomic mass is 10.0. The Kier molecular flexibility index (Phi) is 6.08. The van der Waals surface area contributed by atoms with Crippen molar-refractivity contribution in [3.63, 3.8) is 0 Å². The fourth-order valence-electron chi connectivity index (χ4n) is 1.96. The summed E-state index contributed by atoms with van der Waals surface area (Å²) in [6.45, 7) is 1.83. The molecule has 0 saturated carbocycles. The van der Waals surface area contributed by atoms with Gasteiger partial charge >= 0.3 is 5.97 Å². The number of non-ortho nitro benzene ring substituents is 1. The number of nitro benzene ring substituents is 1. The molecule has 0 aliphatic carbocycles. The van der Waals surface area contributed by atoms with Gasteiger partial charge < -0.3 is 0 Å². The highest BCUT2D eigenvalue weighted by atomic mass is 35.5. The summed E-state index contributed by atoms with van der Waals surface area (Å²) >= 11 is 6.08. The van der Waals surface area contributed by atoms with E-state index in [1.807, 2.05) is 6.92 Å². The lowest BCUT2D eigenvalue weighted by Crippen LogP contribution is -2.07. The molecular formula is C17H14ClNO6. The first-order chi connectivity index (χ1) is 11.9. The molecule has 0 fully saturated rings. The quantitative estimate of drug-likeness (QED) is 0.318. The minimum absolute atomic E-state index is 0.104. The van der Waals surface area contributed by atoms with E-state index in [1.54, 1.807) is 0 Å². The summed E-state index contributed by atoms with van der Waals surface area (Å²) in [5.74, 6) is -0.728. The standard InChI is InChI=1S/C17H14ClNO6/c1-2-3-16(20)25-24-13-8-9-14(15(18)10-13)17(21)11-4-6-12(7-5-11)19(22)23/h4-10H,2-3H2,1H3. The molecule has 2 aromatic rings. The molecule has 0 spiro atoms. The van der Waals surface area contributed by atoms with Crippen LogP contribution in [0, 0.1) is 10.1 Å². The number of carbonyl (C=O) groups excluding carboxylic acids is 2. The van der Waals surface area contributed by atoms with E-state index < -0.39 is 16.7 Å². The Labute approximate surface area is 148 Å². The van der Waals surface area contributed by atoms with Gasteiger partial charge in [-0.05, 0) is 30.7 Å². The summed E-state index contributed by atoms with van der Waals surface area (Å²) < 4.78 is 0. The van der Waals surface area contributed by atoms with Crippen LogP contribution in [0.15, 0.2) is 42.5 Å². The molecule has 7 nitrogen and oxygen atoms in total. The van der Waals surface area contributed by atoms with Crippen LogP contribution in [0.3, 0.4) is 0 Å². The van der Waals surface area contributed by atoms with Gasteiger partial charge in [-0.25, -0.2) is 4.79 Å². The average molecular weight is 364 g/mol. The predicted molar refractivity (Wildman–Crippen MR) is 89.6 cm³/mol. The number of benzene rings is 2. The Balaban J connectivity index is 2.12. The van der Waals surface area contributed by atoms with E-state index in [9.17, 15) is 19.7 Å². The van der Waals surface area contributed by atoms with Crippen LogP contribution in [-0.4, -0.2) is 16.7 Å². The highest BCUT2D eigenvalue weighted by Gasteiger charge is 2.16. The Morgan fingerprint density at radius 3 is 2.40 bits per heavy atom. The fraction of sp³-hybridized carbons (Fsp3) is 0.176. The molecule has 0 atom stereocenters. The molecule has 0 amide bonds. The molecule has 25 heavy (non-hydrogen) atoms. The van der Waals surface area contributed by atoms with Crippen LogP contribution in [-0.2, 0) is 9.68 Å². The fourth-order valence-corrected chi connectivity index (χ4v) is 2.22. The molecule has 0 heterocycles. The Morgan fingerprint density at radius 1 is 1.16 bits per heavy atom. The Bertz CT molecular complexity index is 803. The van der Waals surface area contributed by atoms with Crippen molar-refractivity contribution < 1.29 is 24.3 Å². The summed E-state index contributed by atoms with van der Waals surface area (Å²) in [7, 11) is 0. The lowest BCUT2D eigenvalue weighted by molar-refractivity contribution is -0.384. The largest absolute Gasteiger partial charge is 0.355 e. The van der Waals surface area contributed by atoms with Gasteiger partial charge in [0, 0.05) is 35.7 Å². The minimum Gasteiger partial charge on any atom is -0.289 e. The van der Waals surface area contributed by atoms with Gasteiger partial charge in [0.05, 0.1) is 9.95 Å². The van der Waals surface area contributed by atoms with Crippen molar-refractivity contribution in [2.45, 2.75) is 19.8 Å². The van der Waals surface area contributed by atoms with E-state index in [1.165, 1.54) is 42.5 Å². The number of nitrogens with zero attached hydrogens (tertiary/aromatic N) is 1. The highest BCUT2D eigenvalue weighted by molar-refractivity contribution is 6.35. The zero-order valence-electron chi connectivity index (χ0n) is 13.2. The lowest BCUT2D eigenvalue weighted by Gasteiger charge is -2.07. The molecule has 0 saturated heterocycles. The molecule has 2 aromatic carbocycles. The second-order valence-corrected chi connectivity index (χ2v) is 5.47. The van der Waals surface area contributed by atoms with Crippen LogP contribution in [0.4, 0.5) is 5.69 Å². The number of halogens is 1. The third kappa shape index (κ3) is 4.77. The maximum atomic E-state index is 12.4. The minimum atomic E-state index is -0.548. The third-order valence-electron chi connectivity index (χ3n) is 3.21. The monoisotopic (exact) mass is 363 g/mol. The van der Waals surface area contributed by atoms with Gasteiger partial charge in [0.25, 0.3) is 5.69 Å². The van der Waals surface area contributed by atoms with Crippen molar-refractivity contribution in [1.29, 1.82) is 0 Å². The summed E-state index contributed by atoms with van der Waals surface area (Å²) in [5.41, 5.74) is 0.346. The van der Waals surface area contributed by atoms with Crippen molar-refractivity contribution in [1.82, 2.24) is 0 Å². The number of carbonyl (C=O) groups is 2. The van der Waals surface area contributed by atoms with E-state index in [0.29, 0.717) is 6.42 Å². The number of rotatable bonds is 7. The molecule has 0 radical (unpaired) electrons. The average Bonchev–Trinajstić information content (AvgIpc) is 2.60. The van der Waals surface area contributed by atoms with Crippen molar-refractivity contribution in [2.75, 3.05) is 0 Å². The SMILES string of the molecule is CCCC(=O)OOc1ccc(C(=O)c2ccc([N+](=O)[O-])cc2)c(Cl)c1. The summed E-state index contributed by atoms with van der Waals surface area (Å²) in [6.07, 6.45) is 0.857. The van der Waals surface area contributed by atoms with Crippen molar-refractivity contribution in [3.05, 3.63) is 68.7 Å². The van der Waals surface area contributed by atoms with Crippen LogP contribution < -0.4 is 4.89 Å². The van der Waals surface area contributed by atoms with Gasteiger partial charge in [0.1, 0.15) is 0 Å². The number of hydrogen-bond donors (Lipinski definition) is 0. The highest BCUT2D eigenvalue weighted by Crippen LogP contribution is 2.25. The topological polar surface area (TPSA) is 95.7 Å². The first-order valence-corrected chi connectivity index (χ1v) is 7.76. The van der Waals surface area contributed by atoms with Crippen LogP contribution in [0.1, 0.15) is 35.7 Å². The molecule has 0 N–H and O–H groups in total. The van der Waals surface area contributed by atoms with Gasteiger partial charge in [0.15, 0.2) is 11.5 Å². The van der Waals surface area contributed by atoms with Gasteiger partial charge in [-0.1, -0.05) is 18.5 Å². The van der Waals surface area contributed by atoms with Gasteiger partial charge in [-0.3, -0.25) is 24.7 Å². The van der Waals surface area contributed by atoms with Crippen molar-refractivity contribution in [3.8, 4) is 5.75 Å². The number of nitro groups is 1. The smallest absolute Gasteiger partial charge is 0.289 e. The molecule has 0 unspecified atom stereocenters. The number of hydrogen-bond acceptors (Lipinski definition) is 6. The third-order valence-corrected chi connectivity index (χ3v) is 3.52. The van der Waals surface area contributed by atoms with Crippen molar-refractivity contribution in [2.24, 2.45) is 0 Å². The normalized spacial score (nSPS) is 10.2. The second kappa shape index (κ2) is 8.25. The number of ketones is 1. The Morgan fingerprint density at radius 2 is 1.84 bits per heavy atom. The van der Waals surface area contributed by atoms with Gasteiger partial charge in [-0.2, -0.15) is 0 Å². The van der Waals surface area contributed by atoms with E-state index in [2.05, 4.69) is 4.89 Å². The molecule has 8 heteroatoms. The molecule has 2 rings (SSSR count). The predicted octanol–water partition coefficient (Wildman–Crippen LogP) is 4.12. The second-order valence-electron chi connectivity index (χ2n) is 5.06. The van der Waals surface area contributed by atoms with E-state index in [-0.39, 0.29) is 34.0 Å². The van der Waals surface area contributed by atoms with Crippen LogP contribution >= 0.6 is 11.6 Å². The van der Waals surface area contributed by atoms with E-state index in [4.69, 9.17) is 16.5 Å². The molecule has 0 aromatic heterocycles. The van der Waals surface area contributed by atoms with E-state index in [0.717, 1.165) is 0 Å². The molecule has 0 aliphatic rings. The molecule has 0 aliphatic heterocycles. The molecule has 0 bridgehead atoms. The molecular weight excluding hydrogens is 350 g/mol. The summed E-state index contributed by atoms with van der Waals surface area (Å²) in [5, 5.41) is 10.7. The zero-order valence-corrected chi connectivity index (χ0v) is 14.0. The van der Waals surface area contributed by atoms with Crippen LogP contribution in [0.5, 0.6) is 5.75 Å². The van der Waals surface area contributed by atoms with Crippen LogP contribution in [0.2, 0.25) is 5.02 Å². The first-order valence-electron chi connectivity index (χ1n) is 7.38. The zero-order chi connectivity index (χ0) is 18.4. The summed E-state index contributed by atoms with van der Waals surface area (Å²) in [4.78, 5) is 43.2. The summed E-state index contributed by atoms with van der Waals surface area (Å²) in [6, 6.07) is 9.40. The maximum Gasteiger partial charge on any atom is 0.355 e. The maximum absolute atomic E-state index is 12.4.